The van der Waals surface area contributed by atoms with Crippen LogP contribution in [-0.4, -0.2) is 35.2 Å². The minimum Gasteiger partial charge on any atom is -0.491 e. The molecule has 0 saturated carbocycles. The van der Waals surface area contributed by atoms with E-state index in [1.807, 2.05) is 38.1 Å². The third-order valence-corrected chi connectivity index (χ3v) is 6.79. The van der Waals surface area contributed by atoms with Crippen LogP contribution in [0.2, 0.25) is 0 Å². The largest absolute Gasteiger partial charge is 0.491 e. The number of ether oxygens (including phenoxy) is 2. The maximum Gasteiger partial charge on any atom is 0.343 e. The second-order valence-corrected chi connectivity index (χ2v) is 10.2. The lowest BCUT2D eigenvalue weighted by Gasteiger charge is -2.17. The summed E-state index contributed by atoms with van der Waals surface area (Å²) in [6, 6.07) is 20.0. The van der Waals surface area contributed by atoms with E-state index in [0.717, 1.165) is 39.8 Å². The first-order valence-corrected chi connectivity index (χ1v) is 12.9. The van der Waals surface area contributed by atoms with E-state index in [9.17, 15) is 14.4 Å². The molecule has 0 aromatic heterocycles. The Morgan fingerprint density at radius 3 is 2.41 bits per heavy atom. The number of hydrogen-bond donors (Lipinski definition) is 0. The zero-order valence-electron chi connectivity index (χ0n) is 21.3. The van der Waals surface area contributed by atoms with Gasteiger partial charge in [-0.1, -0.05) is 55.8 Å². The van der Waals surface area contributed by atoms with E-state index >= 15 is 0 Å². The first-order valence-electron chi connectivity index (χ1n) is 12.1. The summed E-state index contributed by atoms with van der Waals surface area (Å²) in [5.41, 5.74) is 4.35. The van der Waals surface area contributed by atoms with Crippen LogP contribution in [0.3, 0.4) is 0 Å². The van der Waals surface area contributed by atoms with E-state index < -0.39 is 5.97 Å². The summed E-state index contributed by atoms with van der Waals surface area (Å²) in [7, 11) is 0. The summed E-state index contributed by atoms with van der Waals surface area (Å²) >= 11 is 0.904. The predicted molar refractivity (Wildman–Crippen MR) is 146 cm³/mol. The average Bonchev–Trinajstić information content (AvgIpc) is 3.12. The lowest BCUT2D eigenvalue weighted by Crippen LogP contribution is -2.32. The SMILES string of the molecule is Cc1cccc(C(=O)Oc2ccc(/C=C3\SC(=O)N(CCOc4cc(C)ccc4C(C)C)C3=O)cc2)c1. The van der Waals surface area contributed by atoms with Crippen molar-refractivity contribution in [3.8, 4) is 11.5 Å². The number of rotatable bonds is 8. The van der Waals surface area contributed by atoms with Gasteiger partial charge in [-0.25, -0.2) is 4.79 Å². The van der Waals surface area contributed by atoms with Crippen LogP contribution in [0.25, 0.3) is 6.08 Å². The summed E-state index contributed by atoms with van der Waals surface area (Å²) in [5, 5.41) is -0.322. The lowest BCUT2D eigenvalue weighted by atomic mass is 10.0. The topological polar surface area (TPSA) is 72.9 Å². The highest BCUT2D eigenvalue weighted by atomic mass is 32.2. The van der Waals surface area contributed by atoms with Crippen LogP contribution in [-0.2, 0) is 4.79 Å². The summed E-state index contributed by atoms with van der Waals surface area (Å²) in [4.78, 5) is 39.3. The van der Waals surface area contributed by atoms with Gasteiger partial charge in [-0.2, -0.15) is 0 Å². The number of nitrogens with zero attached hydrogens (tertiary/aromatic N) is 1. The number of benzene rings is 3. The van der Waals surface area contributed by atoms with Crippen LogP contribution in [0.15, 0.2) is 71.6 Å². The Labute approximate surface area is 221 Å². The Bertz CT molecular complexity index is 1360. The Kier molecular flexibility index (Phi) is 8.14. The van der Waals surface area contributed by atoms with Crippen molar-refractivity contribution < 1.29 is 23.9 Å². The van der Waals surface area contributed by atoms with Gasteiger partial charge in [0.1, 0.15) is 18.1 Å². The highest BCUT2D eigenvalue weighted by molar-refractivity contribution is 8.18. The van der Waals surface area contributed by atoms with Gasteiger partial charge in [-0.3, -0.25) is 14.5 Å². The molecule has 1 aliphatic heterocycles. The van der Waals surface area contributed by atoms with Crippen LogP contribution < -0.4 is 9.47 Å². The van der Waals surface area contributed by atoms with Crippen molar-refractivity contribution in [2.75, 3.05) is 13.2 Å². The van der Waals surface area contributed by atoms with E-state index in [4.69, 9.17) is 9.47 Å². The number of amides is 2. The Hall–Kier alpha value is -3.84. The van der Waals surface area contributed by atoms with Crippen molar-refractivity contribution in [1.82, 2.24) is 4.90 Å². The highest BCUT2D eigenvalue weighted by Crippen LogP contribution is 2.33. The number of thioether (sulfide) groups is 1. The van der Waals surface area contributed by atoms with Crippen LogP contribution in [0.1, 0.15) is 52.4 Å². The Balaban J connectivity index is 1.36. The minimum atomic E-state index is -0.439. The molecular weight excluding hydrogens is 486 g/mol. The molecule has 3 aromatic rings. The minimum absolute atomic E-state index is 0.168. The summed E-state index contributed by atoms with van der Waals surface area (Å²) in [5.74, 6) is 0.688. The fourth-order valence-corrected chi connectivity index (χ4v) is 4.77. The molecule has 0 atom stereocenters. The van der Waals surface area contributed by atoms with Gasteiger partial charge >= 0.3 is 5.97 Å². The molecule has 1 saturated heterocycles. The summed E-state index contributed by atoms with van der Waals surface area (Å²) in [6.45, 7) is 8.49. The maximum atomic E-state index is 12.9. The maximum absolute atomic E-state index is 12.9. The first-order chi connectivity index (χ1) is 17.7. The molecule has 1 aliphatic rings. The molecule has 0 aliphatic carbocycles. The molecule has 2 amide bonds. The van der Waals surface area contributed by atoms with Gasteiger partial charge < -0.3 is 9.47 Å². The third-order valence-electron chi connectivity index (χ3n) is 5.88. The van der Waals surface area contributed by atoms with E-state index in [1.54, 1.807) is 48.5 Å². The lowest BCUT2D eigenvalue weighted by molar-refractivity contribution is -0.123. The average molecular weight is 516 g/mol. The number of imide groups is 1. The highest BCUT2D eigenvalue weighted by Gasteiger charge is 2.34. The Morgan fingerprint density at radius 1 is 0.973 bits per heavy atom. The van der Waals surface area contributed by atoms with Crippen LogP contribution >= 0.6 is 11.8 Å². The summed E-state index contributed by atoms with van der Waals surface area (Å²) in [6.07, 6.45) is 1.66. The third kappa shape index (κ3) is 6.49. The number of carbonyl (C=O) groups excluding carboxylic acids is 3. The van der Waals surface area contributed by atoms with E-state index in [0.29, 0.717) is 22.1 Å². The zero-order valence-corrected chi connectivity index (χ0v) is 22.1. The number of aryl methyl sites for hydroxylation is 2. The number of hydrogen-bond acceptors (Lipinski definition) is 6. The van der Waals surface area contributed by atoms with Crippen molar-refractivity contribution in [2.45, 2.75) is 33.6 Å². The van der Waals surface area contributed by atoms with Crippen molar-refractivity contribution in [3.63, 3.8) is 0 Å². The van der Waals surface area contributed by atoms with E-state index in [1.165, 1.54) is 4.90 Å². The van der Waals surface area contributed by atoms with Gasteiger partial charge in [0.15, 0.2) is 0 Å². The zero-order chi connectivity index (χ0) is 26.5. The van der Waals surface area contributed by atoms with Crippen molar-refractivity contribution in [3.05, 3.63) is 99.5 Å². The smallest absolute Gasteiger partial charge is 0.343 e. The molecular formula is C30H29NO5S. The first kappa shape index (κ1) is 26.2. The van der Waals surface area contributed by atoms with Gasteiger partial charge in [-0.15, -0.1) is 0 Å². The van der Waals surface area contributed by atoms with Crippen LogP contribution in [0, 0.1) is 13.8 Å². The predicted octanol–water partition coefficient (Wildman–Crippen LogP) is 6.76. The monoisotopic (exact) mass is 515 g/mol. The number of carbonyl (C=O) groups is 3. The van der Waals surface area contributed by atoms with Gasteiger partial charge in [0.25, 0.3) is 11.1 Å². The molecule has 7 heteroatoms. The molecule has 6 nitrogen and oxygen atoms in total. The molecule has 0 spiro atoms. The molecule has 4 rings (SSSR count). The molecule has 0 unspecified atom stereocenters. The molecule has 190 valence electrons. The molecule has 1 heterocycles. The van der Waals surface area contributed by atoms with E-state index in [2.05, 4.69) is 13.8 Å². The quantitative estimate of drug-likeness (QED) is 0.187. The van der Waals surface area contributed by atoms with Crippen molar-refractivity contribution in [2.24, 2.45) is 0 Å². The Morgan fingerprint density at radius 2 is 1.70 bits per heavy atom. The standard InChI is InChI=1S/C30H29NO5S/c1-19(2)25-13-8-21(4)17-26(25)35-15-14-31-28(32)27(37-30(31)34)18-22-9-11-24(12-10-22)36-29(33)23-7-5-6-20(3)16-23/h5-13,16-19H,14-15H2,1-4H3/b27-18-. The molecule has 37 heavy (non-hydrogen) atoms. The van der Waals surface area contributed by atoms with Crippen molar-refractivity contribution >= 4 is 35.0 Å². The number of esters is 1. The molecule has 0 bridgehead atoms. The molecule has 0 N–H and O–H groups in total. The van der Waals surface area contributed by atoms with Crippen LogP contribution in [0.5, 0.6) is 11.5 Å². The van der Waals surface area contributed by atoms with Gasteiger partial charge in [0.2, 0.25) is 0 Å². The van der Waals surface area contributed by atoms with Gasteiger partial charge in [-0.05, 0) is 84.6 Å². The fraction of sp³-hybridized carbons (Fsp3) is 0.233. The second kappa shape index (κ2) is 11.5. The normalized spacial score (nSPS) is 14.5. The molecule has 0 radical (unpaired) electrons. The van der Waals surface area contributed by atoms with Crippen LogP contribution in [0.4, 0.5) is 4.79 Å². The van der Waals surface area contributed by atoms with Gasteiger partial charge in [0, 0.05) is 0 Å². The second-order valence-electron chi connectivity index (χ2n) is 9.21. The van der Waals surface area contributed by atoms with Gasteiger partial charge in [0.05, 0.1) is 17.0 Å². The van der Waals surface area contributed by atoms with Crippen molar-refractivity contribution in [1.29, 1.82) is 0 Å². The molecule has 1 fully saturated rings. The molecule has 3 aromatic carbocycles. The fourth-order valence-electron chi connectivity index (χ4n) is 3.90. The summed E-state index contributed by atoms with van der Waals surface area (Å²) < 4.78 is 11.4. The van der Waals surface area contributed by atoms with E-state index in [-0.39, 0.29) is 24.3 Å².